The molecule has 2 atom stereocenters. The summed E-state index contributed by atoms with van der Waals surface area (Å²) in [7, 11) is 1.72. The van der Waals surface area contributed by atoms with Crippen molar-refractivity contribution in [2.45, 2.75) is 37.3 Å². The third-order valence-corrected chi connectivity index (χ3v) is 6.55. The van der Waals surface area contributed by atoms with Crippen molar-refractivity contribution < 1.29 is 14.1 Å². The Labute approximate surface area is 178 Å². The lowest BCUT2D eigenvalue weighted by molar-refractivity contribution is -0.697. The Kier molecular flexibility index (Phi) is 6.00. The SMILES string of the molecule is COCC[n+]1ccn([C@H]2CC[C@H](C(C(N)=O)(c3ccccc3)c3ccccc3)C2)c1. The van der Waals surface area contributed by atoms with E-state index in [2.05, 4.69) is 27.9 Å². The van der Waals surface area contributed by atoms with Crippen molar-refractivity contribution in [3.8, 4) is 0 Å². The summed E-state index contributed by atoms with van der Waals surface area (Å²) in [6, 6.07) is 20.5. The first-order valence-corrected chi connectivity index (χ1v) is 10.6. The van der Waals surface area contributed by atoms with Gasteiger partial charge in [0.05, 0.1) is 6.61 Å². The molecule has 1 saturated carbocycles. The molecule has 0 spiro atoms. The second-order valence-electron chi connectivity index (χ2n) is 8.16. The quantitative estimate of drug-likeness (QED) is 0.586. The van der Waals surface area contributed by atoms with Crippen LogP contribution in [0.3, 0.4) is 0 Å². The van der Waals surface area contributed by atoms with E-state index in [1.807, 2.05) is 60.7 Å². The molecule has 2 aromatic carbocycles. The first kappa shape index (κ1) is 20.4. The van der Waals surface area contributed by atoms with Gasteiger partial charge in [0.15, 0.2) is 0 Å². The van der Waals surface area contributed by atoms with Gasteiger partial charge >= 0.3 is 0 Å². The summed E-state index contributed by atoms with van der Waals surface area (Å²) in [5.74, 6) is -0.132. The summed E-state index contributed by atoms with van der Waals surface area (Å²) in [6.07, 6.45) is 9.24. The molecule has 0 unspecified atom stereocenters. The molecule has 0 bridgehead atoms. The number of primary amides is 1. The Balaban J connectivity index is 1.69. The molecule has 156 valence electrons. The molecular weight excluding hydrogens is 374 g/mol. The number of rotatable bonds is 8. The number of nitrogens with two attached hydrogens (primary N) is 1. The maximum atomic E-state index is 13.2. The van der Waals surface area contributed by atoms with Gasteiger partial charge in [-0.3, -0.25) is 4.79 Å². The van der Waals surface area contributed by atoms with Crippen molar-refractivity contribution in [2.75, 3.05) is 13.7 Å². The minimum Gasteiger partial charge on any atom is -0.381 e. The fourth-order valence-electron chi connectivity index (χ4n) is 5.10. The largest absolute Gasteiger partial charge is 0.381 e. The van der Waals surface area contributed by atoms with Crippen LogP contribution < -0.4 is 10.3 Å². The maximum absolute atomic E-state index is 13.2. The highest BCUT2D eigenvalue weighted by molar-refractivity contribution is 5.91. The zero-order valence-corrected chi connectivity index (χ0v) is 17.5. The van der Waals surface area contributed by atoms with Gasteiger partial charge < -0.3 is 10.5 Å². The highest BCUT2D eigenvalue weighted by atomic mass is 16.5. The predicted molar refractivity (Wildman–Crippen MR) is 116 cm³/mol. The average Bonchev–Trinajstić information content (AvgIpc) is 3.44. The Hall–Kier alpha value is -2.92. The number of methoxy groups -OCH3 is 1. The fourth-order valence-corrected chi connectivity index (χ4v) is 5.10. The van der Waals surface area contributed by atoms with Crippen LogP contribution in [0.15, 0.2) is 79.4 Å². The molecule has 5 nitrogen and oxygen atoms in total. The maximum Gasteiger partial charge on any atom is 0.244 e. The lowest BCUT2D eigenvalue weighted by Crippen LogP contribution is -2.47. The Morgan fingerprint density at radius 2 is 1.73 bits per heavy atom. The lowest BCUT2D eigenvalue weighted by Gasteiger charge is -2.37. The normalized spacial score (nSPS) is 19.1. The molecule has 4 rings (SSSR count). The van der Waals surface area contributed by atoms with E-state index >= 15 is 0 Å². The van der Waals surface area contributed by atoms with Crippen LogP contribution in [-0.2, 0) is 21.5 Å². The van der Waals surface area contributed by atoms with Gasteiger partial charge in [-0.1, -0.05) is 60.7 Å². The Morgan fingerprint density at radius 1 is 1.10 bits per heavy atom. The molecule has 1 aromatic heterocycles. The van der Waals surface area contributed by atoms with Crippen molar-refractivity contribution in [3.05, 3.63) is 90.5 Å². The number of hydrogen-bond acceptors (Lipinski definition) is 2. The van der Waals surface area contributed by atoms with Gasteiger partial charge in [0, 0.05) is 7.11 Å². The summed E-state index contributed by atoms with van der Waals surface area (Å²) >= 11 is 0. The van der Waals surface area contributed by atoms with Crippen LogP contribution in [0, 0.1) is 5.92 Å². The van der Waals surface area contributed by atoms with E-state index in [0.717, 1.165) is 36.9 Å². The molecule has 5 heteroatoms. The second-order valence-corrected chi connectivity index (χ2v) is 8.16. The molecule has 1 amide bonds. The molecule has 1 heterocycles. The molecule has 1 aliphatic carbocycles. The van der Waals surface area contributed by atoms with E-state index in [-0.39, 0.29) is 11.8 Å². The highest BCUT2D eigenvalue weighted by Crippen LogP contribution is 2.49. The number of nitrogens with zero attached hydrogens (tertiary/aromatic N) is 2. The van der Waals surface area contributed by atoms with Crippen molar-refractivity contribution in [1.29, 1.82) is 0 Å². The number of amides is 1. The van der Waals surface area contributed by atoms with E-state index in [0.29, 0.717) is 12.6 Å². The third kappa shape index (κ3) is 3.65. The monoisotopic (exact) mass is 404 g/mol. The standard InChI is InChI=1S/C25H29N3O2/c1-30-17-16-27-14-15-28(19-27)23-13-12-22(18-23)25(24(26)29,20-8-4-2-5-9-20)21-10-6-3-7-11-21/h2-11,14-15,19,22-23H,12-13,16-18H2,1H3,(H-,26,29)/p+1/t22-,23-/m0/s1. The van der Waals surface area contributed by atoms with Gasteiger partial charge in [0.25, 0.3) is 0 Å². The zero-order chi connectivity index (χ0) is 21.0. The molecule has 1 aliphatic rings. The molecule has 2 N–H and O–H groups in total. The predicted octanol–water partition coefficient (Wildman–Crippen LogP) is 3.23. The van der Waals surface area contributed by atoms with Crippen molar-refractivity contribution in [1.82, 2.24) is 4.57 Å². The minimum absolute atomic E-state index is 0.139. The van der Waals surface area contributed by atoms with E-state index in [4.69, 9.17) is 10.5 Å². The lowest BCUT2D eigenvalue weighted by atomic mass is 9.64. The van der Waals surface area contributed by atoms with Crippen LogP contribution in [0.2, 0.25) is 0 Å². The van der Waals surface area contributed by atoms with Crippen molar-refractivity contribution >= 4 is 5.91 Å². The molecule has 0 saturated heterocycles. The molecule has 0 aliphatic heterocycles. The molecule has 0 radical (unpaired) electrons. The van der Waals surface area contributed by atoms with Gasteiger partial charge in [0.1, 0.15) is 30.4 Å². The summed E-state index contributed by atoms with van der Waals surface area (Å²) in [5, 5.41) is 0. The van der Waals surface area contributed by atoms with Crippen LogP contribution in [0.5, 0.6) is 0 Å². The number of ether oxygens (including phenoxy) is 1. The smallest absolute Gasteiger partial charge is 0.244 e. The van der Waals surface area contributed by atoms with Gasteiger partial charge in [-0.2, -0.15) is 0 Å². The number of aromatic nitrogens is 2. The van der Waals surface area contributed by atoms with Gasteiger partial charge in [0.2, 0.25) is 12.2 Å². The number of benzene rings is 2. The molecule has 1 fully saturated rings. The number of imidazole rings is 1. The first-order valence-electron chi connectivity index (χ1n) is 10.6. The van der Waals surface area contributed by atoms with Crippen LogP contribution >= 0.6 is 0 Å². The van der Waals surface area contributed by atoms with Crippen LogP contribution in [-0.4, -0.2) is 24.2 Å². The van der Waals surface area contributed by atoms with Crippen LogP contribution in [0.4, 0.5) is 0 Å². The first-order chi connectivity index (χ1) is 14.7. The van der Waals surface area contributed by atoms with Gasteiger partial charge in [-0.05, 0) is 36.3 Å². The Bertz CT molecular complexity index is 929. The van der Waals surface area contributed by atoms with Crippen molar-refractivity contribution in [2.24, 2.45) is 11.7 Å². The molecular formula is C25H30N3O2+. The van der Waals surface area contributed by atoms with Gasteiger partial charge in [-0.15, -0.1) is 0 Å². The topological polar surface area (TPSA) is 61.1 Å². The van der Waals surface area contributed by atoms with E-state index in [9.17, 15) is 4.79 Å². The number of carbonyl (C=O) groups excluding carboxylic acids is 1. The van der Waals surface area contributed by atoms with Gasteiger partial charge in [-0.25, -0.2) is 9.13 Å². The highest BCUT2D eigenvalue weighted by Gasteiger charge is 2.50. The number of carbonyl (C=O) groups is 1. The van der Waals surface area contributed by atoms with E-state index in [1.165, 1.54) is 0 Å². The summed E-state index contributed by atoms with van der Waals surface area (Å²) in [6.45, 7) is 1.52. The van der Waals surface area contributed by atoms with E-state index < -0.39 is 5.41 Å². The molecule has 3 aromatic rings. The Morgan fingerprint density at radius 3 is 2.30 bits per heavy atom. The van der Waals surface area contributed by atoms with Crippen molar-refractivity contribution in [3.63, 3.8) is 0 Å². The summed E-state index contributed by atoms with van der Waals surface area (Å²) < 4.78 is 9.61. The van der Waals surface area contributed by atoms with Crippen LogP contribution in [0.25, 0.3) is 0 Å². The number of hydrogen-bond donors (Lipinski definition) is 1. The van der Waals surface area contributed by atoms with Crippen LogP contribution in [0.1, 0.15) is 36.4 Å². The van der Waals surface area contributed by atoms with E-state index in [1.54, 1.807) is 7.11 Å². The second kappa shape index (κ2) is 8.84. The minimum atomic E-state index is -0.823. The average molecular weight is 405 g/mol. The molecule has 30 heavy (non-hydrogen) atoms. The fraction of sp³-hybridized carbons (Fsp3) is 0.360. The summed E-state index contributed by atoms with van der Waals surface area (Å²) in [5.41, 5.74) is 7.34. The third-order valence-electron chi connectivity index (χ3n) is 6.55. The zero-order valence-electron chi connectivity index (χ0n) is 17.5. The summed E-state index contributed by atoms with van der Waals surface area (Å²) in [4.78, 5) is 13.2.